The Morgan fingerprint density at radius 2 is 1.83 bits per heavy atom. The minimum Gasteiger partial charge on any atom is -0.428 e. The Hall–Kier alpha value is -2.45. The molecule has 3 N–H and O–H groups in total. The third-order valence-electron chi connectivity index (χ3n) is 3.17. The summed E-state index contributed by atoms with van der Waals surface area (Å²) >= 11 is 0. The zero-order chi connectivity index (χ0) is 17.2. The second kappa shape index (κ2) is 6.35. The SMILES string of the molecule is CC(=NNc1ccc(S(N)(=O)=O)cc1)c1c(C)cc(C)oc1=O. The Bertz CT molecular complexity index is 913. The monoisotopic (exact) mass is 335 g/mol. The molecule has 1 aromatic carbocycles. The number of hydrogen-bond donors (Lipinski definition) is 2. The Balaban J connectivity index is 2.25. The average Bonchev–Trinajstić information content (AvgIpc) is 2.43. The number of hydrogen-bond acceptors (Lipinski definition) is 6. The molecule has 122 valence electrons. The lowest BCUT2D eigenvalue weighted by atomic mass is 10.1. The van der Waals surface area contributed by atoms with Crippen molar-refractivity contribution in [3.05, 3.63) is 57.6 Å². The van der Waals surface area contributed by atoms with E-state index in [9.17, 15) is 13.2 Å². The summed E-state index contributed by atoms with van der Waals surface area (Å²) in [5.74, 6) is 0.538. The van der Waals surface area contributed by atoms with Crippen molar-refractivity contribution in [2.75, 3.05) is 5.43 Å². The van der Waals surface area contributed by atoms with Crippen LogP contribution in [0.15, 0.2) is 49.5 Å². The highest BCUT2D eigenvalue weighted by Gasteiger charge is 2.11. The summed E-state index contributed by atoms with van der Waals surface area (Å²) in [6.45, 7) is 5.19. The number of nitrogens with one attached hydrogen (secondary N) is 1. The van der Waals surface area contributed by atoms with Gasteiger partial charge in [0.25, 0.3) is 0 Å². The molecule has 0 spiro atoms. The molecule has 1 aromatic heterocycles. The van der Waals surface area contributed by atoms with Gasteiger partial charge in [0.2, 0.25) is 10.0 Å². The molecule has 2 rings (SSSR count). The number of rotatable bonds is 4. The van der Waals surface area contributed by atoms with Crippen molar-refractivity contribution >= 4 is 21.4 Å². The van der Waals surface area contributed by atoms with Gasteiger partial charge in [0.1, 0.15) is 5.76 Å². The number of anilines is 1. The lowest BCUT2D eigenvalue weighted by molar-refractivity contribution is 0.477. The van der Waals surface area contributed by atoms with E-state index in [2.05, 4.69) is 10.5 Å². The van der Waals surface area contributed by atoms with E-state index in [1.807, 2.05) is 0 Å². The van der Waals surface area contributed by atoms with E-state index in [4.69, 9.17) is 9.56 Å². The highest BCUT2D eigenvalue weighted by Crippen LogP contribution is 2.13. The Morgan fingerprint density at radius 1 is 1.22 bits per heavy atom. The van der Waals surface area contributed by atoms with Gasteiger partial charge in [-0.15, -0.1) is 0 Å². The van der Waals surface area contributed by atoms with Crippen LogP contribution in [0.25, 0.3) is 0 Å². The number of primary sulfonamides is 1. The molecule has 0 saturated heterocycles. The fraction of sp³-hybridized carbons (Fsp3) is 0.200. The van der Waals surface area contributed by atoms with Gasteiger partial charge in [-0.3, -0.25) is 5.43 Å². The van der Waals surface area contributed by atoms with Crippen LogP contribution in [0.5, 0.6) is 0 Å². The Kier molecular flexibility index (Phi) is 4.67. The van der Waals surface area contributed by atoms with E-state index in [1.54, 1.807) is 26.8 Å². The van der Waals surface area contributed by atoms with Crippen LogP contribution in [0.2, 0.25) is 0 Å². The quantitative estimate of drug-likeness (QED) is 0.652. The van der Waals surface area contributed by atoms with Gasteiger partial charge in [0.05, 0.1) is 21.9 Å². The van der Waals surface area contributed by atoms with Gasteiger partial charge >= 0.3 is 5.63 Å². The van der Waals surface area contributed by atoms with E-state index in [0.29, 0.717) is 22.7 Å². The second-order valence-electron chi connectivity index (χ2n) is 5.08. The topological polar surface area (TPSA) is 115 Å². The molecule has 0 fully saturated rings. The fourth-order valence-corrected chi connectivity index (χ4v) is 2.64. The highest BCUT2D eigenvalue weighted by atomic mass is 32.2. The van der Waals surface area contributed by atoms with Gasteiger partial charge in [0.15, 0.2) is 0 Å². The molecule has 23 heavy (non-hydrogen) atoms. The first kappa shape index (κ1) is 16.9. The molecule has 0 atom stereocenters. The predicted octanol–water partition coefficient (Wildman–Crippen LogP) is 1.74. The third kappa shape index (κ3) is 4.05. The number of benzene rings is 1. The molecule has 0 saturated carbocycles. The van der Waals surface area contributed by atoms with Crippen molar-refractivity contribution in [2.45, 2.75) is 25.7 Å². The molecule has 1 heterocycles. The average molecular weight is 335 g/mol. The molecule has 0 unspecified atom stereocenters. The zero-order valence-corrected chi connectivity index (χ0v) is 13.8. The lowest BCUT2D eigenvalue weighted by Gasteiger charge is -2.06. The van der Waals surface area contributed by atoms with Gasteiger partial charge in [-0.2, -0.15) is 5.10 Å². The third-order valence-corrected chi connectivity index (χ3v) is 4.10. The number of nitrogens with two attached hydrogens (primary N) is 1. The van der Waals surface area contributed by atoms with Crippen LogP contribution in [0.4, 0.5) is 5.69 Å². The number of nitrogens with zero attached hydrogens (tertiary/aromatic N) is 1. The van der Waals surface area contributed by atoms with Crippen LogP contribution >= 0.6 is 0 Å². The summed E-state index contributed by atoms with van der Waals surface area (Å²) in [6.07, 6.45) is 0. The van der Waals surface area contributed by atoms with Crippen LogP contribution in [-0.2, 0) is 10.0 Å². The molecule has 8 heteroatoms. The van der Waals surface area contributed by atoms with Gasteiger partial charge in [-0.25, -0.2) is 18.4 Å². The first-order chi connectivity index (χ1) is 10.7. The number of sulfonamides is 1. The lowest BCUT2D eigenvalue weighted by Crippen LogP contribution is -2.16. The van der Waals surface area contributed by atoms with Crippen molar-refractivity contribution in [1.82, 2.24) is 0 Å². The highest BCUT2D eigenvalue weighted by molar-refractivity contribution is 7.89. The van der Waals surface area contributed by atoms with Gasteiger partial charge in [0, 0.05) is 0 Å². The summed E-state index contributed by atoms with van der Waals surface area (Å²) in [5, 5.41) is 9.16. The maximum absolute atomic E-state index is 11.9. The van der Waals surface area contributed by atoms with Gasteiger partial charge in [-0.1, -0.05) is 0 Å². The first-order valence-corrected chi connectivity index (χ1v) is 8.28. The minimum absolute atomic E-state index is 0.0128. The van der Waals surface area contributed by atoms with Crippen molar-refractivity contribution in [3.63, 3.8) is 0 Å². The summed E-state index contributed by atoms with van der Waals surface area (Å²) in [6, 6.07) is 7.56. The van der Waals surface area contributed by atoms with Crippen LogP contribution in [0.3, 0.4) is 0 Å². The first-order valence-electron chi connectivity index (χ1n) is 6.73. The number of aryl methyl sites for hydroxylation is 2. The van der Waals surface area contributed by atoms with Crippen molar-refractivity contribution in [3.8, 4) is 0 Å². The summed E-state index contributed by atoms with van der Waals surface area (Å²) in [4.78, 5) is 11.9. The standard InChI is InChI=1S/C15H17N3O4S/c1-9-8-10(2)22-15(19)14(9)11(3)17-18-12-4-6-13(7-5-12)23(16,20)21/h4-8,18H,1-3H3,(H2,16,20,21). The van der Waals surface area contributed by atoms with Crippen molar-refractivity contribution in [1.29, 1.82) is 0 Å². The number of hydrazone groups is 1. The Morgan fingerprint density at radius 3 is 2.35 bits per heavy atom. The molecule has 0 amide bonds. The van der Waals surface area contributed by atoms with Gasteiger partial charge < -0.3 is 4.42 Å². The fourth-order valence-electron chi connectivity index (χ4n) is 2.12. The van der Waals surface area contributed by atoms with Crippen molar-refractivity contribution < 1.29 is 12.8 Å². The predicted molar refractivity (Wildman–Crippen MR) is 88.1 cm³/mol. The normalized spacial score (nSPS) is 12.3. The molecule has 0 radical (unpaired) electrons. The van der Waals surface area contributed by atoms with Crippen molar-refractivity contribution in [2.24, 2.45) is 10.2 Å². The molecular weight excluding hydrogens is 318 g/mol. The van der Waals surface area contributed by atoms with E-state index in [1.165, 1.54) is 24.3 Å². The van der Waals surface area contributed by atoms with Crippen LogP contribution < -0.4 is 16.2 Å². The maximum atomic E-state index is 11.9. The second-order valence-corrected chi connectivity index (χ2v) is 6.64. The van der Waals surface area contributed by atoms with E-state index < -0.39 is 15.6 Å². The van der Waals surface area contributed by atoms with Crippen LogP contribution in [-0.4, -0.2) is 14.1 Å². The zero-order valence-electron chi connectivity index (χ0n) is 13.0. The van der Waals surface area contributed by atoms with Crippen LogP contribution in [0.1, 0.15) is 23.8 Å². The van der Waals surface area contributed by atoms with Crippen LogP contribution in [0, 0.1) is 13.8 Å². The van der Waals surface area contributed by atoms with E-state index in [0.717, 1.165) is 5.56 Å². The minimum atomic E-state index is -3.73. The molecular formula is C15H17N3O4S. The summed E-state index contributed by atoms with van der Waals surface area (Å²) in [5.41, 5.74) is 4.50. The Labute approximate surface area is 133 Å². The van der Waals surface area contributed by atoms with E-state index in [-0.39, 0.29) is 4.90 Å². The molecule has 0 bridgehead atoms. The maximum Gasteiger partial charge on any atom is 0.345 e. The molecule has 0 aliphatic heterocycles. The molecule has 7 nitrogen and oxygen atoms in total. The molecule has 0 aliphatic rings. The largest absolute Gasteiger partial charge is 0.428 e. The van der Waals surface area contributed by atoms with Gasteiger partial charge in [-0.05, 0) is 56.7 Å². The molecule has 2 aromatic rings. The van der Waals surface area contributed by atoms with E-state index >= 15 is 0 Å². The summed E-state index contributed by atoms with van der Waals surface area (Å²) < 4.78 is 27.4. The smallest absolute Gasteiger partial charge is 0.345 e. The summed E-state index contributed by atoms with van der Waals surface area (Å²) in [7, 11) is -3.73. The molecule has 0 aliphatic carbocycles.